The van der Waals surface area contributed by atoms with Gasteiger partial charge in [0.1, 0.15) is 28.4 Å². The maximum atomic E-state index is 13.1. The van der Waals surface area contributed by atoms with E-state index in [1.165, 1.54) is 16.7 Å². The van der Waals surface area contributed by atoms with Crippen molar-refractivity contribution in [3.63, 3.8) is 0 Å². The number of aryl methyl sites for hydroxylation is 1. The van der Waals surface area contributed by atoms with Gasteiger partial charge in [-0.25, -0.2) is 0 Å². The Hall–Kier alpha value is -1.93. The van der Waals surface area contributed by atoms with Gasteiger partial charge in [-0.2, -0.15) is 0 Å². The summed E-state index contributed by atoms with van der Waals surface area (Å²) in [7, 11) is 0. The van der Waals surface area contributed by atoms with E-state index in [4.69, 9.17) is 9.26 Å². The number of hydrogen-bond donors (Lipinski definition) is 1. The molecule has 3 saturated heterocycles. The molecule has 34 heavy (non-hydrogen) atoms. The first-order valence-electron chi connectivity index (χ1n) is 10.0. The molecule has 5 rings (SSSR count). The van der Waals surface area contributed by atoms with Gasteiger partial charge >= 0.3 is 29.6 Å². The van der Waals surface area contributed by atoms with Gasteiger partial charge in [-0.15, -0.1) is 11.8 Å². The number of nitrogens with zero attached hydrogens (tertiary/aromatic N) is 2. The zero-order valence-corrected chi connectivity index (χ0v) is 21.5. The van der Waals surface area contributed by atoms with E-state index < -0.39 is 40.0 Å². The van der Waals surface area contributed by atoms with Crippen molar-refractivity contribution in [2.24, 2.45) is 0 Å². The maximum absolute atomic E-state index is 13.1. The Kier molecular flexibility index (Phi) is 8.97. The average molecular weight is 501 g/mol. The molecule has 178 valence electrons. The van der Waals surface area contributed by atoms with Crippen molar-refractivity contribution >= 4 is 29.5 Å². The summed E-state index contributed by atoms with van der Waals surface area (Å²) in [5.41, 5.74) is 1.38. The van der Waals surface area contributed by atoms with Crippen LogP contribution in [0.1, 0.15) is 29.0 Å². The number of aliphatic carboxylic acids is 1. The zero-order chi connectivity index (χ0) is 21.8. The molecule has 0 aliphatic carbocycles. The van der Waals surface area contributed by atoms with E-state index in [0.29, 0.717) is 37.5 Å². The molecule has 3 aliphatic rings. The fourth-order valence-electron chi connectivity index (χ4n) is 4.66. The summed E-state index contributed by atoms with van der Waals surface area (Å²) >= 11 is 1.43. The Morgan fingerprint density at radius 1 is 1.21 bits per heavy atom. The summed E-state index contributed by atoms with van der Waals surface area (Å²) in [5, 5.41) is 18.2. The minimum absolute atomic E-state index is 0. The first kappa shape index (κ1) is 28.3. The summed E-state index contributed by atoms with van der Waals surface area (Å²) in [5.74, 6) is -1.82. The predicted octanol–water partition coefficient (Wildman–Crippen LogP) is -4.31. The summed E-state index contributed by atoms with van der Waals surface area (Å²) in [6, 6.07) is 7.30. The van der Waals surface area contributed by atoms with Gasteiger partial charge in [0.15, 0.2) is 0 Å². The number of carbonyl (C=O) groups is 3. The van der Waals surface area contributed by atoms with E-state index in [1.807, 2.05) is 30.3 Å². The van der Waals surface area contributed by atoms with Crippen molar-refractivity contribution in [1.82, 2.24) is 15.4 Å². The van der Waals surface area contributed by atoms with E-state index in [-0.39, 0.29) is 46.1 Å². The number of benzene rings is 1. The molecule has 0 saturated carbocycles. The summed E-state index contributed by atoms with van der Waals surface area (Å²) < 4.78 is 9.99. The second-order valence-corrected chi connectivity index (χ2v) is 9.46. The molecule has 2 unspecified atom stereocenters. The van der Waals surface area contributed by atoms with E-state index in [0.717, 1.165) is 5.56 Å². The molecule has 3 fully saturated rings. The van der Waals surface area contributed by atoms with Gasteiger partial charge in [-0.05, 0) is 19.8 Å². The number of rotatable bonds is 4. The predicted molar refractivity (Wildman–Crippen MR) is 115 cm³/mol. The molecule has 0 bridgehead atoms. The topological polar surface area (TPSA) is 188 Å². The summed E-state index contributed by atoms with van der Waals surface area (Å²) in [6.45, 7) is 2.50. The summed E-state index contributed by atoms with van der Waals surface area (Å²) in [4.78, 5) is 39.2. The van der Waals surface area contributed by atoms with Crippen molar-refractivity contribution in [1.29, 1.82) is 0 Å². The number of ether oxygens (including phenoxy) is 1. The average Bonchev–Trinajstić information content (AvgIpc) is 3.29. The van der Waals surface area contributed by atoms with Crippen molar-refractivity contribution < 1.29 is 69.3 Å². The molecular weight excluding hydrogens is 477 g/mol. The molecule has 5 N–H and O–H groups in total. The fraction of sp³-hybridized carbons (Fsp3) is 0.429. The van der Waals surface area contributed by atoms with Gasteiger partial charge in [0.05, 0.1) is 12.0 Å². The van der Waals surface area contributed by atoms with Crippen LogP contribution in [0.4, 0.5) is 0 Å². The van der Waals surface area contributed by atoms with Crippen LogP contribution in [-0.4, -0.2) is 74.2 Å². The summed E-state index contributed by atoms with van der Waals surface area (Å²) in [6.07, 6.45) is 1.03. The van der Waals surface area contributed by atoms with Gasteiger partial charge < -0.3 is 40.3 Å². The molecule has 2 amide bonds. The third-order valence-corrected chi connectivity index (χ3v) is 8.04. The van der Waals surface area contributed by atoms with Crippen LogP contribution < -0.4 is 40.0 Å². The molecule has 3 aliphatic heterocycles. The molecule has 1 spiro atoms. The van der Waals surface area contributed by atoms with Crippen LogP contribution >= 0.6 is 11.8 Å². The van der Waals surface area contributed by atoms with E-state index >= 15 is 0 Å². The second-order valence-electron chi connectivity index (χ2n) is 7.93. The normalized spacial score (nSPS) is 24.1. The smallest absolute Gasteiger partial charge is 0.548 e. The third kappa shape index (κ3) is 4.39. The van der Waals surface area contributed by atoms with Gasteiger partial charge in [0.25, 0.3) is 5.91 Å². The van der Waals surface area contributed by atoms with Crippen molar-refractivity contribution in [2.75, 3.05) is 13.2 Å². The monoisotopic (exact) mass is 501 g/mol. The van der Waals surface area contributed by atoms with Crippen LogP contribution in [0.3, 0.4) is 0 Å². The number of amides is 2. The van der Waals surface area contributed by atoms with Gasteiger partial charge in [0.2, 0.25) is 5.91 Å². The Morgan fingerprint density at radius 3 is 2.47 bits per heavy atom. The first-order chi connectivity index (χ1) is 14.9. The molecule has 3 atom stereocenters. The number of hydrogen-bond acceptors (Lipinski definition) is 8. The maximum Gasteiger partial charge on any atom is 1.00 e. The fourth-order valence-corrected chi connectivity index (χ4v) is 6.54. The number of carbonyl (C=O) groups excluding carboxylic acids is 3. The van der Waals surface area contributed by atoms with Crippen LogP contribution in [0, 0.1) is 6.92 Å². The molecule has 13 heteroatoms. The zero-order valence-electron chi connectivity index (χ0n) is 18.7. The quantitative estimate of drug-likeness (QED) is 0.322. The number of nitrogens with one attached hydrogen (secondary N) is 1. The second kappa shape index (κ2) is 10.8. The van der Waals surface area contributed by atoms with Crippen LogP contribution in [0.15, 0.2) is 34.9 Å². The molecule has 2 aromatic rings. The Bertz CT molecular complexity index is 1060. The van der Waals surface area contributed by atoms with Crippen molar-refractivity contribution in [2.45, 2.75) is 42.0 Å². The number of thioether (sulfide) groups is 1. The molecule has 0 radical (unpaired) electrons. The van der Waals surface area contributed by atoms with Crippen molar-refractivity contribution in [3.8, 4) is 11.3 Å². The van der Waals surface area contributed by atoms with Gasteiger partial charge in [-0.1, -0.05) is 35.5 Å². The van der Waals surface area contributed by atoms with Crippen molar-refractivity contribution in [3.05, 3.63) is 41.7 Å². The van der Waals surface area contributed by atoms with E-state index in [2.05, 4.69) is 10.5 Å². The standard InChI is InChI=1S/C21H21N3O6S.Na.2H2O/c1-11-13(14(23-30-11)12-5-3-2-4-6-12)17(25)22-15-18(26)24-16(20(27)28)21(31-19(15)24)7-9-29-10-8-21;;;/h2-6,15-16,19H,7-10H2,1H3,(H,22,25)(H,27,28);;2*1H2/q;+1;;/p-1/t15?,16?,19-;;;/m0.../s1. The number of fused-ring (bicyclic) bond motifs is 1. The Morgan fingerprint density at radius 2 is 1.85 bits per heavy atom. The van der Waals surface area contributed by atoms with Gasteiger partial charge in [0, 0.05) is 23.5 Å². The number of aromatic nitrogens is 1. The largest absolute Gasteiger partial charge is 1.00 e. The Labute approximate surface area is 221 Å². The first-order valence-corrected chi connectivity index (χ1v) is 10.9. The van der Waals surface area contributed by atoms with E-state index in [1.54, 1.807) is 6.92 Å². The number of carboxylic acid groups (broad SMARTS) is 1. The van der Waals surface area contributed by atoms with Gasteiger partial charge in [-0.3, -0.25) is 9.59 Å². The number of β-lactam (4-membered cyclic amide) rings is 1. The molecule has 4 heterocycles. The minimum Gasteiger partial charge on any atom is -0.548 e. The Balaban J connectivity index is 0.00000136. The van der Waals surface area contributed by atoms with Crippen LogP contribution in [0.5, 0.6) is 0 Å². The molecular formula is C21H24N3NaO8S. The molecule has 11 nitrogen and oxygen atoms in total. The SMILES string of the molecule is Cc1onc(-c2ccccc2)c1C(=O)NC1C(=O)N2C(C(=O)[O-])C3(CCOCC3)S[C@@H]12.O.O.[Na+]. The molecule has 1 aromatic carbocycles. The van der Waals surface area contributed by atoms with Crippen LogP contribution in [0.2, 0.25) is 0 Å². The molecule has 1 aromatic heterocycles. The van der Waals surface area contributed by atoms with Crippen LogP contribution in [-0.2, 0) is 14.3 Å². The minimum atomic E-state index is -1.27. The number of carboxylic acids is 1. The third-order valence-electron chi connectivity index (χ3n) is 6.20. The van der Waals surface area contributed by atoms with E-state index in [9.17, 15) is 19.5 Å². The van der Waals surface area contributed by atoms with Crippen LogP contribution in [0.25, 0.3) is 11.3 Å².